The summed E-state index contributed by atoms with van der Waals surface area (Å²) < 4.78 is 19.9. The van der Waals surface area contributed by atoms with Crippen molar-refractivity contribution >= 4 is 8.32 Å². The third-order valence-corrected chi connectivity index (χ3v) is 8.02. The molecule has 0 amide bonds. The lowest BCUT2D eigenvalue weighted by molar-refractivity contribution is 0.0109. The second kappa shape index (κ2) is 4.89. The summed E-state index contributed by atoms with van der Waals surface area (Å²) in [7, 11) is -1.94. The first-order valence-electron chi connectivity index (χ1n) is 5.72. The Bertz CT molecular complexity index is 271. The van der Waals surface area contributed by atoms with Crippen LogP contribution in [0, 0.1) is 12.3 Å². The quantitative estimate of drug-likeness (QED) is 0.533. The van der Waals surface area contributed by atoms with Crippen molar-refractivity contribution in [2.75, 3.05) is 0 Å². The first-order chi connectivity index (χ1) is 6.94. The summed E-state index contributed by atoms with van der Waals surface area (Å²) in [4.78, 5) is 0. The van der Waals surface area contributed by atoms with E-state index in [0.29, 0.717) is 0 Å². The van der Waals surface area contributed by atoms with Crippen LogP contribution < -0.4 is 0 Å². The Labute approximate surface area is 101 Å². The lowest BCUT2D eigenvalue weighted by atomic mass is 10.0. The van der Waals surface area contributed by atoms with E-state index in [2.05, 4.69) is 39.8 Å². The monoisotopic (exact) mass is 244 g/mol. The van der Waals surface area contributed by atoms with Crippen molar-refractivity contribution in [3.05, 3.63) is 0 Å². The fourth-order valence-corrected chi connectivity index (χ4v) is 2.97. The van der Waals surface area contributed by atoms with E-state index in [9.17, 15) is 4.39 Å². The van der Waals surface area contributed by atoms with Crippen LogP contribution in [0.4, 0.5) is 4.39 Å². The molecule has 1 unspecified atom stereocenters. The van der Waals surface area contributed by atoms with Crippen molar-refractivity contribution in [3.8, 4) is 12.3 Å². The lowest BCUT2D eigenvalue weighted by Gasteiger charge is -2.43. The van der Waals surface area contributed by atoms with E-state index >= 15 is 0 Å². The molecule has 16 heavy (non-hydrogen) atoms. The molecule has 3 heteroatoms. The van der Waals surface area contributed by atoms with Crippen molar-refractivity contribution < 1.29 is 8.82 Å². The molecule has 0 N–H and O–H groups in total. The van der Waals surface area contributed by atoms with Gasteiger partial charge >= 0.3 is 0 Å². The standard InChI is InChI=1S/C13H25FOSi/c1-9-10-11(14)13(5,6)15-16(7,8)12(2,3)4/h1,11H,10H2,2-8H3. The van der Waals surface area contributed by atoms with Crippen molar-refractivity contribution in [3.63, 3.8) is 0 Å². The highest BCUT2D eigenvalue weighted by Gasteiger charge is 2.44. The molecule has 0 heterocycles. The van der Waals surface area contributed by atoms with Crippen LogP contribution in [-0.2, 0) is 4.43 Å². The van der Waals surface area contributed by atoms with Gasteiger partial charge in [0.05, 0.1) is 5.60 Å². The van der Waals surface area contributed by atoms with Crippen LogP contribution in [0.5, 0.6) is 0 Å². The van der Waals surface area contributed by atoms with Gasteiger partial charge in [-0.25, -0.2) is 4.39 Å². The van der Waals surface area contributed by atoms with E-state index in [1.807, 2.05) is 0 Å². The SMILES string of the molecule is C#CCC(F)C(C)(C)O[Si](C)(C)C(C)(C)C. The van der Waals surface area contributed by atoms with Crippen molar-refractivity contribution in [1.29, 1.82) is 0 Å². The highest BCUT2D eigenvalue weighted by molar-refractivity contribution is 6.74. The maximum atomic E-state index is 13.9. The van der Waals surface area contributed by atoms with Gasteiger partial charge in [-0.15, -0.1) is 12.3 Å². The van der Waals surface area contributed by atoms with Gasteiger partial charge in [0.15, 0.2) is 8.32 Å². The van der Waals surface area contributed by atoms with Crippen molar-refractivity contribution in [1.82, 2.24) is 0 Å². The number of rotatable bonds is 4. The van der Waals surface area contributed by atoms with Gasteiger partial charge in [0.2, 0.25) is 0 Å². The normalized spacial score (nSPS) is 15.7. The van der Waals surface area contributed by atoms with Crippen molar-refractivity contribution in [2.45, 2.75) is 70.9 Å². The molecule has 0 saturated carbocycles. The second-order valence-electron chi connectivity index (χ2n) is 6.34. The third kappa shape index (κ3) is 3.91. The number of terminal acetylenes is 1. The minimum Gasteiger partial charge on any atom is -0.409 e. The van der Waals surface area contributed by atoms with E-state index in [-0.39, 0.29) is 11.5 Å². The molecule has 0 aromatic heterocycles. The number of halogens is 1. The molecule has 0 aliphatic carbocycles. The molecule has 0 fully saturated rings. The van der Waals surface area contributed by atoms with E-state index in [1.165, 1.54) is 0 Å². The van der Waals surface area contributed by atoms with E-state index in [4.69, 9.17) is 10.8 Å². The molecule has 0 spiro atoms. The van der Waals surface area contributed by atoms with Crippen LogP contribution in [0.25, 0.3) is 0 Å². The van der Waals surface area contributed by atoms with Crippen LogP contribution >= 0.6 is 0 Å². The maximum Gasteiger partial charge on any atom is 0.192 e. The minimum atomic E-state index is -1.94. The van der Waals surface area contributed by atoms with E-state index < -0.39 is 20.1 Å². The second-order valence-corrected chi connectivity index (χ2v) is 11.1. The van der Waals surface area contributed by atoms with Crippen LogP contribution in [0.1, 0.15) is 41.0 Å². The fourth-order valence-electron chi connectivity index (χ4n) is 1.22. The van der Waals surface area contributed by atoms with Gasteiger partial charge < -0.3 is 4.43 Å². The Morgan fingerprint density at radius 3 is 2.00 bits per heavy atom. The highest BCUT2D eigenvalue weighted by atomic mass is 28.4. The molecular formula is C13H25FOSi. The van der Waals surface area contributed by atoms with Gasteiger partial charge in [0.25, 0.3) is 0 Å². The van der Waals surface area contributed by atoms with Crippen molar-refractivity contribution in [2.24, 2.45) is 0 Å². The molecular weight excluding hydrogens is 219 g/mol. The molecule has 0 aromatic carbocycles. The van der Waals surface area contributed by atoms with Gasteiger partial charge in [-0.3, -0.25) is 0 Å². The van der Waals surface area contributed by atoms with Gasteiger partial charge in [0.1, 0.15) is 6.17 Å². The molecule has 0 aromatic rings. The molecule has 94 valence electrons. The average Bonchev–Trinajstić information content (AvgIpc) is 2.00. The molecule has 0 radical (unpaired) electrons. The summed E-state index contributed by atoms with van der Waals surface area (Å²) >= 11 is 0. The molecule has 1 atom stereocenters. The smallest absolute Gasteiger partial charge is 0.192 e. The maximum absolute atomic E-state index is 13.9. The molecule has 0 rings (SSSR count). The summed E-state index contributed by atoms with van der Waals surface area (Å²) in [5.74, 6) is 2.36. The summed E-state index contributed by atoms with van der Waals surface area (Å²) in [5.41, 5.74) is -0.796. The number of hydrogen-bond donors (Lipinski definition) is 0. The number of alkyl halides is 1. The first-order valence-corrected chi connectivity index (χ1v) is 8.62. The summed E-state index contributed by atoms with van der Waals surface area (Å²) in [6.07, 6.45) is 4.15. The number of hydrogen-bond acceptors (Lipinski definition) is 1. The Hall–Kier alpha value is -0.333. The summed E-state index contributed by atoms with van der Waals surface area (Å²) in [6.45, 7) is 14.2. The Balaban J connectivity index is 4.78. The highest BCUT2D eigenvalue weighted by Crippen LogP contribution is 2.40. The summed E-state index contributed by atoms with van der Waals surface area (Å²) in [5, 5.41) is 0.0835. The predicted molar refractivity (Wildman–Crippen MR) is 70.7 cm³/mol. The van der Waals surface area contributed by atoms with Crippen LogP contribution in [0.2, 0.25) is 18.1 Å². The van der Waals surface area contributed by atoms with Gasteiger partial charge in [-0.2, -0.15) is 0 Å². The Morgan fingerprint density at radius 1 is 1.25 bits per heavy atom. The fraction of sp³-hybridized carbons (Fsp3) is 0.846. The van der Waals surface area contributed by atoms with E-state index in [0.717, 1.165) is 0 Å². The predicted octanol–water partition coefficient (Wildman–Crippen LogP) is 4.15. The van der Waals surface area contributed by atoms with Gasteiger partial charge in [-0.05, 0) is 32.0 Å². The molecule has 0 bridgehead atoms. The minimum absolute atomic E-state index is 0.0835. The van der Waals surface area contributed by atoms with Crippen LogP contribution in [-0.4, -0.2) is 20.1 Å². The molecule has 0 aliphatic rings. The zero-order chi connectivity index (χ0) is 13.2. The van der Waals surface area contributed by atoms with Crippen LogP contribution in [0.3, 0.4) is 0 Å². The van der Waals surface area contributed by atoms with Gasteiger partial charge in [0, 0.05) is 6.42 Å². The molecule has 0 aliphatic heterocycles. The lowest BCUT2D eigenvalue weighted by Crippen LogP contribution is -2.51. The largest absolute Gasteiger partial charge is 0.409 e. The molecule has 1 nitrogen and oxygen atoms in total. The van der Waals surface area contributed by atoms with Crippen LogP contribution in [0.15, 0.2) is 0 Å². The van der Waals surface area contributed by atoms with Gasteiger partial charge in [-0.1, -0.05) is 20.8 Å². The zero-order valence-electron chi connectivity index (χ0n) is 11.6. The third-order valence-electron chi connectivity index (χ3n) is 3.38. The average molecular weight is 244 g/mol. The first kappa shape index (κ1) is 15.7. The zero-order valence-corrected chi connectivity index (χ0v) is 12.6. The van der Waals surface area contributed by atoms with E-state index in [1.54, 1.807) is 13.8 Å². The Kier molecular flexibility index (Phi) is 4.79. The topological polar surface area (TPSA) is 9.23 Å². The molecule has 0 saturated heterocycles. The Morgan fingerprint density at radius 2 is 1.69 bits per heavy atom. The summed E-state index contributed by atoms with van der Waals surface area (Å²) in [6, 6.07) is 0.